The minimum absolute atomic E-state index is 0.186. The second-order valence-corrected chi connectivity index (χ2v) is 4.97. The largest absolute Gasteiger partial charge is 0.428 e. The van der Waals surface area contributed by atoms with E-state index in [9.17, 15) is 9.59 Å². The van der Waals surface area contributed by atoms with Gasteiger partial charge in [-0.25, -0.2) is 4.79 Å². The number of imidazole rings is 1. The lowest BCUT2D eigenvalue weighted by molar-refractivity contribution is 0.563. The summed E-state index contributed by atoms with van der Waals surface area (Å²) in [6, 6.07) is 0. The van der Waals surface area contributed by atoms with Crippen molar-refractivity contribution in [1.82, 2.24) is 18.5 Å². The molecule has 0 atom stereocenters. The molecular weight excluding hydrogens is 260 g/mol. The van der Waals surface area contributed by atoms with Crippen LogP contribution in [0.1, 0.15) is 12.7 Å². The van der Waals surface area contributed by atoms with Crippen LogP contribution in [0.15, 0.2) is 32.4 Å². The fraction of sp³-hybridized carbons (Fsp3) is 0.308. The van der Waals surface area contributed by atoms with Crippen LogP contribution in [0.25, 0.3) is 17.0 Å². The highest BCUT2D eigenvalue weighted by molar-refractivity contribution is 5.74. The molecule has 0 aliphatic carbocycles. The molecular formula is C13H14N4O3. The molecule has 20 heavy (non-hydrogen) atoms. The third kappa shape index (κ3) is 1.56. The Morgan fingerprint density at radius 1 is 1.45 bits per heavy atom. The van der Waals surface area contributed by atoms with Crippen molar-refractivity contribution >= 4 is 17.0 Å². The lowest BCUT2D eigenvalue weighted by Crippen LogP contribution is -2.39. The molecule has 0 amide bonds. The van der Waals surface area contributed by atoms with Gasteiger partial charge in [0.1, 0.15) is 5.76 Å². The molecule has 0 saturated carbocycles. The molecule has 0 unspecified atom stereocenters. The number of aromatic nitrogens is 4. The summed E-state index contributed by atoms with van der Waals surface area (Å²) >= 11 is 0. The Labute approximate surface area is 113 Å². The van der Waals surface area contributed by atoms with Gasteiger partial charge in [0.05, 0.1) is 12.7 Å². The summed E-state index contributed by atoms with van der Waals surface area (Å²) in [6.45, 7) is 7.47. The molecule has 104 valence electrons. The molecule has 3 rings (SSSR count). The number of oxazole rings is 1. The Morgan fingerprint density at radius 3 is 2.80 bits per heavy atom. The zero-order valence-corrected chi connectivity index (χ0v) is 11.5. The normalized spacial score (nSPS) is 11.6. The molecule has 0 fully saturated rings. The minimum Gasteiger partial charge on any atom is -0.428 e. The summed E-state index contributed by atoms with van der Waals surface area (Å²) in [5, 5.41) is 0. The zero-order valence-electron chi connectivity index (χ0n) is 11.5. The Morgan fingerprint density at radius 2 is 2.15 bits per heavy atom. The van der Waals surface area contributed by atoms with E-state index in [1.807, 2.05) is 0 Å². The van der Waals surface area contributed by atoms with Gasteiger partial charge in [0.25, 0.3) is 5.56 Å². The molecule has 0 saturated heterocycles. The maximum Gasteiger partial charge on any atom is 0.332 e. The van der Waals surface area contributed by atoms with E-state index in [0.29, 0.717) is 22.8 Å². The van der Waals surface area contributed by atoms with E-state index in [1.54, 1.807) is 31.5 Å². The average Bonchev–Trinajstić information content (AvgIpc) is 2.87. The average molecular weight is 274 g/mol. The highest BCUT2D eigenvalue weighted by Crippen LogP contribution is 2.14. The van der Waals surface area contributed by atoms with Crippen molar-refractivity contribution < 1.29 is 4.42 Å². The molecule has 0 bridgehead atoms. The van der Waals surface area contributed by atoms with Crippen LogP contribution >= 0.6 is 0 Å². The zero-order chi connectivity index (χ0) is 14.6. The molecule has 0 spiro atoms. The van der Waals surface area contributed by atoms with Crippen molar-refractivity contribution in [2.45, 2.75) is 20.4 Å². The predicted octanol–water partition coefficient (Wildman–Crippen LogP) is 0.825. The van der Waals surface area contributed by atoms with E-state index in [4.69, 9.17) is 4.42 Å². The topological polar surface area (TPSA) is 74.4 Å². The SMILES string of the molecule is C=C(C)Cn1c(=O)c2c(nc3oc(C)cn32)n(C)c1=O. The Balaban J connectivity index is 2.53. The summed E-state index contributed by atoms with van der Waals surface area (Å²) in [5.41, 5.74) is 0.576. The van der Waals surface area contributed by atoms with Gasteiger partial charge in [-0.2, -0.15) is 4.98 Å². The summed E-state index contributed by atoms with van der Waals surface area (Å²) in [7, 11) is 1.58. The minimum atomic E-state index is -0.414. The van der Waals surface area contributed by atoms with E-state index < -0.39 is 5.69 Å². The smallest absolute Gasteiger partial charge is 0.332 e. The highest BCUT2D eigenvalue weighted by Gasteiger charge is 2.18. The van der Waals surface area contributed by atoms with Gasteiger partial charge < -0.3 is 4.42 Å². The molecule has 3 heterocycles. The molecule has 3 aromatic rings. The molecule has 7 heteroatoms. The lowest BCUT2D eigenvalue weighted by atomic mass is 10.3. The van der Waals surface area contributed by atoms with Crippen molar-refractivity contribution in [3.8, 4) is 0 Å². The van der Waals surface area contributed by atoms with Gasteiger partial charge >= 0.3 is 11.5 Å². The van der Waals surface area contributed by atoms with Crippen LogP contribution in [-0.4, -0.2) is 18.5 Å². The maximum absolute atomic E-state index is 12.5. The first-order valence-electron chi connectivity index (χ1n) is 6.12. The fourth-order valence-electron chi connectivity index (χ4n) is 2.27. The summed E-state index contributed by atoms with van der Waals surface area (Å²) in [5.74, 6) is 0.951. The van der Waals surface area contributed by atoms with Crippen molar-refractivity contribution in [2.24, 2.45) is 7.05 Å². The predicted molar refractivity (Wildman–Crippen MR) is 74.0 cm³/mol. The first-order chi connectivity index (χ1) is 9.40. The van der Waals surface area contributed by atoms with Gasteiger partial charge in [-0.15, -0.1) is 0 Å². The second-order valence-electron chi connectivity index (χ2n) is 4.97. The van der Waals surface area contributed by atoms with Crippen molar-refractivity contribution in [3.63, 3.8) is 0 Å². The molecule has 0 aromatic carbocycles. The Bertz CT molecular complexity index is 967. The van der Waals surface area contributed by atoms with Crippen LogP contribution in [0.4, 0.5) is 0 Å². The molecule has 0 N–H and O–H groups in total. The van der Waals surface area contributed by atoms with Gasteiger partial charge in [-0.1, -0.05) is 12.2 Å². The first-order valence-corrected chi connectivity index (χ1v) is 6.12. The quantitative estimate of drug-likeness (QED) is 0.649. The third-order valence-electron chi connectivity index (χ3n) is 3.13. The number of hydrogen-bond donors (Lipinski definition) is 0. The van der Waals surface area contributed by atoms with Crippen LogP contribution < -0.4 is 11.2 Å². The van der Waals surface area contributed by atoms with Gasteiger partial charge in [-0.05, 0) is 13.8 Å². The van der Waals surface area contributed by atoms with E-state index in [2.05, 4.69) is 11.6 Å². The van der Waals surface area contributed by atoms with Crippen LogP contribution in [0.3, 0.4) is 0 Å². The fourth-order valence-corrected chi connectivity index (χ4v) is 2.27. The number of allylic oxidation sites excluding steroid dienone is 1. The van der Waals surface area contributed by atoms with E-state index in [0.717, 1.165) is 10.1 Å². The van der Waals surface area contributed by atoms with Crippen LogP contribution in [0.5, 0.6) is 0 Å². The Kier molecular flexibility index (Phi) is 2.47. The van der Waals surface area contributed by atoms with Crippen molar-refractivity contribution in [3.05, 3.63) is 44.9 Å². The van der Waals surface area contributed by atoms with Gasteiger partial charge in [0.2, 0.25) is 0 Å². The standard InChI is InChI=1S/C13H14N4O3/c1-7(2)5-17-11(18)9-10(15(4)13(17)19)14-12-16(9)6-8(3)20-12/h6H,1,5H2,2-4H3. The van der Waals surface area contributed by atoms with E-state index >= 15 is 0 Å². The molecule has 0 radical (unpaired) electrons. The molecule has 0 aliphatic rings. The molecule has 7 nitrogen and oxygen atoms in total. The summed E-state index contributed by atoms with van der Waals surface area (Å²) in [4.78, 5) is 28.9. The molecule has 3 aromatic heterocycles. The third-order valence-corrected chi connectivity index (χ3v) is 3.13. The number of rotatable bonds is 2. The van der Waals surface area contributed by atoms with E-state index in [1.165, 1.54) is 4.57 Å². The first kappa shape index (κ1) is 12.5. The molecule has 0 aliphatic heterocycles. The second kappa shape index (κ2) is 3.96. The van der Waals surface area contributed by atoms with Crippen LogP contribution in [0.2, 0.25) is 0 Å². The van der Waals surface area contributed by atoms with Crippen molar-refractivity contribution in [2.75, 3.05) is 0 Å². The number of hydrogen-bond acceptors (Lipinski definition) is 4. The van der Waals surface area contributed by atoms with Gasteiger partial charge in [0.15, 0.2) is 11.2 Å². The summed E-state index contributed by atoms with van der Waals surface area (Å²) < 4.78 is 9.46. The van der Waals surface area contributed by atoms with Gasteiger partial charge in [-0.3, -0.25) is 18.3 Å². The van der Waals surface area contributed by atoms with Crippen molar-refractivity contribution in [1.29, 1.82) is 0 Å². The van der Waals surface area contributed by atoms with E-state index in [-0.39, 0.29) is 12.1 Å². The Hall–Kier alpha value is -2.57. The monoisotopic (exact) mass is 274 g/mol. The van der Waals surface area contributed by atoms with Gasteiger partial charge in [0, 0.05) is 7.05 Å². The van der Waals surface area contributed by atoms with Crippen LogP contribution in [-0.2, 0) is 13.6 Å². The highest BCUT2D eigenvalue weighted by atomic mass is 16.4. The van der Waals surface area contributed by atoms with Crippen LogP contribution in [0, 0.1) is 6.92 Å². The number of fused-ring (bicyclic) bond motifs is 3. The summed E-state index contributed by atoms with van der Waals surface area (Å²) in [6.07, 6.45) is 1.68. The lowest BCUT2D eigenvalue weighted by Gasteiger charge is -2.07. The maximum atomic E-state index is 12.5. The number of nitrogens with zero attached hydrogens (tertiary/aromatic N) is 4. The number of aryl methyl sites for hydroxylation is 2.